The summed E-state index contributed by atoms with van der Waals surface area (Å²) < 4.78 is 12.0. The van der Waals surface area contributed by atoms with Gasteiger partial charge in [0.05, 0.1) is 0 Å². The van der Waals surface area contributed by atoms with Gasteiger partial charge in [-0.2, -0.15) is 0 Å². The van der Waals surface area contributed by atoms with Gasteiger partial charge in [0, 0.05) is 5.69 Å². The second-order valence-electron chi connectivity index (χ2n) is 1.55. The molecule has 0 amide bonds. The first-order valence-electron chi connectivity index (χ1n) is 2.30. The molecule has 0 saturated heterocycles. The summed E-state index contributed by atoms with van der Waals surface area (Å²) in [7, 11) is 0. The molecule has 0 heterocycles. The molecule has 1 rings (SSSR count). The molecule has 1 aromatic rings. The fourth-order valence-corrected chi connectivity index (χ4v) is 0.463. The van der Waals surface area contributed by atoms with Gasteiger partial charge in [-0.3, -0.25) is 0 Å². The van der Waals surface area contributed by atoms with E-state index in [1.54, 1.807) is 0 Å². The Hall–Kier alpha value is -0.453. The summed E-state index contributed by atoms with van der Waals surface area (Å²) in [4.78, 5) is 0. The SMILES string of the molecule is Nc1ccc(F)cc1.[LiH]. The van der Waals surface area contributed by atoms with Crippen molar-refractivity contribution in [1.29, 1.82) is 0 Å². The van der Waals surface area contributed by atoms with Crippen molar-refractivity contribution in [3.05, 3.63) is 30.1 Å². The summed E-state index contributed by atoms with van der Waals surface area (Å²) in [6.07, 6.45) is 0. The Balaban J connectivity index is 0.000000640. The van der Waals surface area contributed by atoms with Crippen LogP contribution in [0.5, 0.6) is 0 Å². The quantitative estimate of drug-likeness (QED) is 0.396. The molecule has 1 aromatic carbocycles. The number of nitrogens with two attached hydrogens (primary N) is 1. The van der Waals surface area contributed by atoms with Crippen molar-refractivity contribution >= 4 is 24.5 Å². The van der Waals surface area contributed by atoms with Crippen LogP contribution in [-0.2, 0) is 0 Å². The monoisotopic (exact) mass is 119 g/mol. The van der Waals surface area contributed by atoms with Crippen LogP contribution in [0.1, 0.15) is 0 Å². The molecule has 3 heteroatoms. The first-order valence-corrected chi connectivity index (χ1v) is 2.30. The number of halogens is 1. The van der Waals surface area contributed by atoms with Gasteiger partial charge in [0.1, 0.15) is 5.82 Å². The summed E-state index contributed by atoms with van der Waals surface area (Å²) in [5.41, 5.74) is 5.85. The standard InChI is InChI=1S/C6H6FN.Li.H/c7-5-1-3-6(8)4-2-5;;/h1-4H,8H2;;. The molecule has 1 nitrogen and oxygen atoms in total. The second-order valence-corrected chi connectivity index (χ2v) is 1.55. The third-order valence-electron chi connectivity index (χ3n) is 0.870. The fourth-order valence-electron chi connectivity index (χ4n) is 0.463. The first kappa shape index (κ1) is 8.55. The van der Waals surface area contributed by atoms with Crippen LogP contribution in [0.3, 0.4) is 0 Å². The van der Waals surface area contributed by atoms with Crippen molar-refractivity contribution in [1.82, 2.24) is 0 Å². The van der Waals surface area contributed by atoms with Gasteiger partial charge in [0.25, 0.3) is 0 Å². The minimum absolute atomic E-state index is 0. The van der Waals surface area contributed by atoms with Gasteiger partial charge in [0.2, 0.25) is 0 Å². The Bertz CT molecular complexity index is 152. The topological polar surface area (TPSA) is 26.0 Å². The third-order valence-corrected chi connectivity index (χ3v) is 0.870. The van der Waals surface area contributed by atoms with Crippen LogP contribution in [0.2, 0.25) is 0 Å². The number of benzene rings is 1. The Labute approximate surface area is 65.2 Å². The normalized spacial score (nSPS) is 8.11. The number of hydrogen-bond donors (Lipinski definition) is 1. The van der Waals surface area contributed by atoms with E-state index in [9.17, 15) is 4.39 Å². The van der Waals surface area contributed by atoms with Gasteiger partial charge < -0.3 is 5.73 Å². The molecule has 2 N–H and O–H groups in total. The number of anilines is 1. The average Bonchev–Trinajstić information content (AvgIpc) is 1.77. The fraction of sp³-hybridized carbons (Fsp3) is 0. The van der Waals surface area contributed by atoms with Crippen LogP contribution in [0, 0.1) is 5.82 Å². The van der Waals surface area contributed by atoms with Gasteiger partial charge in [-0.25, -0.2) is 4.39 Å². The van der Waals surface area contributed by atoms with Gasteiger partial charge >= 0.3 is 18.9 Å². The number of nitrogen functional groups attached to an aromatic ring is 1. The van der Waals surface area contributed by atoms with E-state index in [0.717, 1.165) is 0 Å². The van der Waals surface area contributed by atoms with Crippen molar-refractivity contribution in [3.8, 4) is 0 Å². The molecule has 0 spiro atoms. The zero-order valence-corrected chi connectivity index (χ0v) is 4.26. The molecule has 0 saturated carbocycles. The van der Waals surface area contributed by atoms with Crippen molar-refractivity contribution in [2.45, 2.75) is 0 Å². The number of hydrogen-bond acceptors (Lipinski definition) is 1. The van der Waals surface area contributed by atoms with Crippen molar-refractivity contribution < 1.29 is 4.39 Å². The maximum atomic E-state index is 12.0. The molecular formula is C6H7FLiN. The van der Waals surface area contributed by atoms with Gasteiger partial charge in [0.15, 0.2) is 0 Å². The Morgan fingerprint density at radius 2 is 1.56 bits per heavy atom. The van der Waals surface area contributed by atoms with Crippen LogP contribution in [0.25, 0.3) is 0 Å². The van der Waals surface area contributed by atoms with Crippen molar-refractivity contribution in [2.75, 3.05) is 5.73 Å². The molecule has 0 aliphatic rings. The van der Waals surface area contributed by atoms with Gasteiger partial charge in [-0.15, -0.1) is 0 Å². The van der Waals surface area contributed by atoms with E-state index in [2.05, 4.69) is 0 Å². The van der Waals surface area contributed by atoms with Crippen LogP contribution < -0.4 is 5.73 Å². The predicted molar refractivity (Wildman–Crippen MR) is 38.0 cm³/mol. The van der Waals surface area contributed by atoms with E-state index < -0.39 is 0 Å². The average molecular weight is 119 g/mol. The zero-order valence-electron chi connectivity index (χ0n) is 4.26. The predicted octanol–water partition coefficient (Wildman–Crippen LogP) is 0.759. The molecule has 0 aliphatic heterocycles. The second kappa shape index (κ2) is 3.55. The van der Waals surface area contributed by atoms with Crippen molar-refractivity contribution in [2.24, 2.45) is 0 Å². The van der Waals surface area contributed by atoms with E-state index in [1.165, 1.54) is 24.3 Å². The molecular weight excluding hydrogens is 112 g/mol. The molecule has 44 valence electrons. The van der Waals surface area contributed by atoms with E-state index in [0.29, 0.717) is 5.69 Å². The van der Waals surface area contributed by atoms with E-state index in [-0.39, 0.29) is 24.7 Å². The first-order chi connectivity index (χ1) is 3.79. The van der Waals surface area contributed by atoms with Crippen LogP contribution in [-0.4, -0.2) is 18.9 Å². The summed E-state index contributed by atoms with van der Waals surface area (Å²) >= 11 is 0. The Morgan fingerprint density at radius 3 is 1.89 bits per heavy atom. The summed E-state index contributed by atoms with van der Waals surface area (Å²) in [5.74, 6) is -0.251. The maximum absolute atomic E-state index is 12.0. The van der Waals surface area contributed by atoms with Crippen LogP contribution in [0.4, 0.5) is 10.1 Å². The molecule has 0 unspecified atom stereocenters. The Kier molecular flexibility index (Phi) is 3.37. The van der Waals surface area contributed by atoms with Crippen LogP contribution >= 0.6 is 0 Å². The zero-order chi connectivity index (χ0) is 5.98. The summed E-state index contributed by atoms with van der Waals surface area (Å²) in [5, 5.41) is 0. The molecule has 0 fully saturated rings. The van der Waals surface area contributed by atoms with E-state index in [1.807, 2.05) is 0 Å². The minimum atomic E-state index is -0.251. The third kappa shape index (κ3) is 2.55. The molecule has 0 bridgehead atoms. The van der Waals surface area contributed by atoms with Gasteiger partial charge in [-0.1, -0.05) is 0 Å². The van der Waals surface area contributed by atoms with Gasteiger partial charge in [-0.05, 0) is 24.3 Å². The molecule has 0 radical (unpaired) electrons. The van der Waals surface area contributed by atoms with Crippen molar-refractivity contribution in [3.63, 3.8) is 0 Å². The molecule has 0 aromatic heterocycles. The van der Waals surface area contributed by atoms with E-state index in [4.69, 9.17) is 5.73 Å². The summed E-state index contributed by atoms with van der Waals surface area (Å²) in [6, 6.07) is 5.70. The van der Waals surface area contributed by atoms with Crippen LogP contribution in [0.15, 0.2) is 24.3 Å². The molecule has 9 heavy (non-hydrogen) atoms. The molecule has 0 atom stereocenters. The molecule has 0 aliphatic carbocycles. The Morgan fingerprint density at radius 1 is 1.11 bits per heavy atom. The van der Waals surface area contributed by atoms with E-state index >= 15 is 0 Å². The summed E-state index contributed by atoms with van der Waals surface area (Å²) in [6.45, 7) is 0. The number of rotatable bonds is 0.